The van der Waals surface area contributed by atoms with Crippen molar-refractivity contribution >= 4 is 34.8 Å². The van der Waals surface area contributed by atoms with Crippen LogP contribution in [0.25, 0.3) is 10.6 Å². The predicted octanol–water partition coefficient (Wildman–Crippen LogP) is -0.217. The Morgan fingerprint density at radius 2 is 1.95 bits per heavy atom. The molecule has 98 valence electrons. The van der Waals surface area contributed by atoms with Crippen molar-refractivity contribution in [2.24, 2.45) is 16.5 Å². The summed E-state index contributed by atoms with van der Waals surface area (Å²) in [5.74, 6) is -1.11. The third kappa shape index (κ3) is 2.60. The molecule has 8 nitrogen and oxygen atoms in total. The minimum absolute atomic E-state index is 0.118. The number of aromatic nitrogens is 2. The molecule has 2 aromatic rings. The minimum atomic E-state index is -0.761. The Labute approximate surface area is 112 Å². The number of carbonyl (C=O) groups is 1. The second-order valence-corrected chi connectivity index (χ2v) is 4.46. The summed E-state index contributed by atoms with van der Waals surface area (Å²) >= 11 is 1.41. The standard InChI is InChI=1S/C10H11N7OS/c11-7-5(4-2-1-3-19-4)15-6(8(12)16-7)9(18)17-10(13)14/h1-3H,(H4,11,12,16)(H4,13,14,17,18). The first-order valence-corrected chi connectivity index (χ1v) is 5.98. The molecule has 19 heavy (non-hydrogen) atoms. The van der Waals surface area contributed by atoms with Crippen LogP contribution in [0.15, 0.2) is 22.5 Å². The molecule has 9 heteroatoms. The number of hydrogen-bond acceptors (Lipinski definition) is 6. The number of nitrogens with two attached hydrogens (primary N) is 4. The number of nitrogens with zero attached hydrogens (tertiary/aromatic N) is 3. The molecule has 2 heterocycles. The molecule has 1 amide bonds. The SMILES string of the molecule is NC(N)=NC(=O)c1nc(-c2cccs2)c(N)nc1N. The molecule has 0 spiro atoms. The zero-order valence-electron chi connectivity index (χ0n) is 9.70. The summed E-state index contributed by atoms with van der Waals surface area (Å²) in [7, 11) is 0. The number of thiophene rings is 1. The third-order valence-corrected chi connectivity index (χ3v) is 3.01. The molecular formula is C10H11N7OS. The van der Waals surface area contributed by atoms with Crippen LogP contribution in [0.4, 0.5) is 11.6 Å². The van der Waals surface area contributed by atoms with Crippen LogP contribution in [0.2, 0.25) is 0 Å². The first kappa shape index (κ1) is 12.8. The summed E-state index contributed by atoms with van der Waals surface area (Å²) < 4.78 is 0. The van der Waals surface area contributed by atoms with Crippen molar-refractivity contribution in [2.45, 2.75) is 0 Å². The quantitative estimate of drug-likeness (QED) is 0.436. The van der Waals surface area contributed by atoms with Crippen LogP contribution in [-0.4, -0.2) is 21.8 Å². The van der Waals surface area contributed by atoms with Gasteiger partial charge in [-0.25, -0.2) is 9.97 Å². The summed E-state index contributed by atoms with van der Waals surface area (Å²) in [5, 5.41) is 1.85. The van der Waals surface area contributed by atoms with Gasteiger partial charge in [0.1, 0.15) is 5.69 Å². The smallest absolute Gasteiger partial charge is 0.302 e. The van der Waals surface area contributed by atoms with E-state index in [0.717, 1.165) is 4.88 Å². The van der Waals surface area contributed by atoms with Gasteiger partial charge in [-0.1, -0.05) is 6.07 Å². The first-order valence-electron chi connectivity index (χ1n) is 5.10. The number of amides is 1. The Hall–Kier alpha value is -2.68. The van der Waals surface area contributed by atoms with Crippen LogP contribution in [0, 0.1) is 0 Å². The van der Waals surface area contributed by atoms with E-state index < -0.39 is 5.91 Å². The number of rotatable bonds is 2. The van der Waals surface area contributed by atoms with E-state index in [2.05, 4.69) is 15.0 Å². The highest BCUT2D eigenvalue weighted by Gasteiger charge is 2.17. The van der Waals surface area contributed by atoms with Gasteiger partial charge in [-0.3, -0.25) is 4.79 Å². The number of hydrogen-bond donors (Lipinski definition) is 4. The van der Waals surface area contributed by atoms with Gasteiger partial charge in [0.15, 0.2) is 23.3 Å². The van der Waals surface area contributed by atoms with Crippen LogP contribution in [0.1, 0.15) is 10.5 Å². The molecule has 0 atom stereocenters. The maximum Gasteiger partial charge on any atom is 0.302 e. The molecule has 0 saturated heterocycles. The van der Waals surface area contributed by atoms with Crippen molar-refractivity contribution in [3.63, 3.8) is 0 Å². The van der Waals surface area contributed by atoms with Crippen LogP contribution in [-0.2, 0) is 0 Å². The van der Waals surface area contributed by atoms with E-state index in [1.54, 1.807) is 6.07 Å². The third-order valence-electron chi connectivity index (χ3n) is 2.14. The lowest BCUT2D eigenvalue weighted by molar-refractivity contribution is 0.0999. The molecule has 0 saturated carbocycles. The second kappa shape index (κ2) is 4.90. The first-order chi connectivity index (χ1) is 8.99. The maximum atomic E-state index is 11.7. The molecule has 2 rings (SSSR count). The minimum Gasteiger partial charge on any atom is -0.382 e. The monoisotopic (exact) mass is 277 g/mol. The number of anilines is 2. The maximum absolute atomic E-state index is 11.7. The fraction of sp³-hybridized carbons (Fsp3) is 0. The van der Waals surface area contributed by atoms with Crippen molar-refractivity contribution < 1.29 is 4.79 Å². The molecule has 0 aliphatic rings. The summed E-state index contributed by atoms with van der Waals surface area (Å²) in [6.07, 6.45) is 0. The van der Waals surface area contributed by atoms with E-state index in [1.165, 1.54) is 11.3 Å². The summed E-state index contributed by atoms with van der Waals surface area (Å²) in [5.41, 5.74) is 21.9. The fourth-order valence-corrected chi connectivity index (χ4v) is 2.11. The Morgan fingerprint density at radius 3 is 2.53 bits per heavy atom. The number of aliphatic imine (C=N–C) groups is 1. The lowest BCUT2D eigenvalue weighted by atomic mass is 10.3. The molecular weight excluding hydrogens is 266 g/mol. The van der Waals surface area contributed by atoms with Gasteiger partial charge in [0.25, 0.3) is 0 Å². The van der Waals surface area contributed by atoms with Crippen molar-refractivity contribution in [2.75, 3.05) is 11.5 Å². The average Bonchev–Trinajstić information content (AvgIpc) is 2.81. The highest BCUT2D eigenvalue weighted by Crippen LogP contribution is 2.28. The highest BCUT2D eigenvalue weighted by molar-refractivity contribution is 7.13. The summed E-state index contributed by atoms with van der Waals surface area (Å²) in [6, 6.07) is 3.63. The van der Waals surface area contributed by atoms with E-state index in [4.69, 9.17) is 22.9 Å². The highest BCUT2D eigenvalue weighted by atomic mass is 32.1. The van der Waals surface area contributed by atoms with Gasteiger partial charge in [0.2, 0.25) is 0 Å². The van der Waals surface area contributed by atoms with Crippen LogP contribution >= 0.6 is 11.3 Å². The molecule has 0 radical (unpaired) electrons. The Balaban J connectivity index is 2.55. The number of carbonyl (C=O) groups excluding carboxylic acids is 1. The molecule has 0 aliphatic carbocycles. The molecule has 0 bridgehead atoms. The van der Waals surface area contributed by atoms with E-state index >= 15 is 0 Å². The average molecular weight is 277 g/mol. The lowest BCUT2D eigenvalue weighted by Gasteiger charge is -2.06. The number of nitrogen functional groups attached to an aromatic ring is 2. The van der Waals surface area contributed by atoms with E-state index in [0.29, 0.717) is 5.69 Å². The van der Waals surface area contributed by atoms with E-state index in [9.17, 15) is 4.79 Å². The fourth-order valence-electron chi connectivity index (χ4n) is 1.38. The van der Waals surface area contributed by atoms with Crippen molar-refractivity contribution in [3.05, 3.63) is 23.2 Å². The molecule has 0 aliphatic heterocycles. The van der Waals surface area contributed by atoms with Crippen molar-refractivity contribution in [3.8, 4) is 10.6 Å². The van der Waals surface area contributed by atoms with E-state index in [1.807, 2.05) is 11.4 Å². The Morgan fingerprint density at radius 1 is 1.21 bits per heavy atom. The van der Waals surface area contributed by atoms with Gasteiger partial charge < -0.3 is 22.9 Å². The van der Waals surface area contributed by atoms with Gasteiger partial charge in [-0.2, -0.15) is 4.99 Å². The van der Waals surface area contributed by atoms with Gasteiger partial charge in [-0.05, 0) is 11.4 Å². The molecule has 0 fully saturated rings. The Kier molecular flexibility index (Phi) is 3.29. The zero-order valence-corrected chi connectivity index (χ0v) is 10.5. The molecule has 2 aromatic heterocycles. The van der Waals surface area contributed by atoms with Crippen molar-refractivity contribution in [1.82, 2.24) is 9.97 Å². The predicted molar refractivity (Wildman–Crippen MR) is 74.3 cm³/mol. The largest absolute Gasteiger partial charge is 0.382 e. The Bertz CT molecular complexity index is 646. The van der Waals surface area contributed by atoms with Gasteiger partial charge in [0, 0.05) is 0 Å². The lowest BCUT2D eigenvalue weighted by Crippen LogP contribution is -2.25. The van der Waals surface area contributed by atoms with Crippen molar-refractivity contribution in [1.29, 1.82) is 0 Å². The van der Waals surface area contributed by atoms with Gasteiger partial charge >= 0.3 is 5.91 Å². The van der Waals surface area contributed by atoms with E-state index in [-0.39, 0.29) is 23.3 Å². The molecule has 0 unspecified atom stereocenters. The normalized spacial score (nSPS) is 10.1. The van der Waals surface area contributed by atoms with Gasteiger partial charge in [0.05, 0.1) is 4.88 Å². The molecule has 0 aromatic carbocycles. The summed E-state index contributed by atoms with van der Waals surface area (Å²) in [4.78, 5) is 23.9. The van der Waals surface area contributed by atoms with Gasteiger partial charge in [-0.15, -0.1) is 11.3 Å². The van der Waals surface area contributed by atoms with Crippen LogP contribution in [0.5, 0.6) is 0 Å². The molecule has 8 N–H and O–H groups in total. The zero-order chi connectivity index (χ0) is 14.0. The summed E-state index contributed by atoms with van der Waals surface area (Å²) in [6.45, 7) is 0. The second-order valence-electron chi connectivity index (χ2n) is 3.51. The number of guanidine groups is 1. The topological polar surface area (TPSA) is 159 Å². The van der Waals surface area contributed by atoms with Crippen LogP contribution < -0.4 is 22.9 Å². The van der Waals surface area contributed by atoms with Crippen LogP contribution in [0.3, 0.4) is 0 Å².